The van der Waals surface area contributed by atoms with E-state index in [4.69, 9.17) is 4.52 Å². The molecule has 0 fully saturated rings. The lowest BCUT2D eigenvalue weighted by Crippen LogP contribution is -2.12. The van der Waals surface area contributed by atoms with Gasteiger partial charge in [-0.25, -0.2) is 0 Å². The fourth-order valence-electron chi connectivity index (χ4n) is 2.19. The summed E-state index contributed by atoms with van der Waals surface area (Å²) in [5.41, 5.74) is 3.97. The first-order valence-corrected chi connectivity index (χ1v) is 6.90. The lowest BCUT2D eigenvalue weighted by Gasteiger charge is -2.06. The van der Waals surface area contributed by atoms with Crippen LogP contribution >= 0.6 is 0 Å². The number of carbonyl (C=O) groups is 1. The maximum atomic E-state index is 12.0. The van der Waals surface area contributed by atoms with E-state index in [1.807, 2.05) is 32.0 Å². The first kappa shape index (κ1) is 14.3. The molecule has 0 saturated carbocycles. The van der Waals surface area contributed by atoms with Gasteiger partial charge in [-0.05, 0) is 44.4 Å². The van der Waals surface area contributed by atoms with E-state index in [1.165, 1.54) is 5.56 Å². The van der Waals surface area contributed by atoms with Crippen LogP contribution in [0.2, 0.25) is 0 Å². The molecule has 0 spiro atoms. The SMILES string of the molecule is CCc1cccc(NC(=O)CCc2c(C)noc2C)c1. The number of aromatic nitrogens is 1. The number of benzene rings is 1. The largest absolute Gasteiger partial charge is 0.361 e. The Labute approximate surface area is 119 Å². The molecular weight excluding hydrogens is 252 g/mol. The van der Waals surface area contributed by atoms with Gasteiger partial charge in [0.25, 0.3) is 0 Å². The van der Waals surface area contributed by atoms with E-state index in [0.717, 1.165) is 29.1 Å². The van der Waals surface area contributed by atoms with Crippen molar-refractivity contribution in [1.82, 2.24) is 5.16 Å². The van der Waals surface area contributed by atoms with Crippen LogP contribution in [-0.4, -0.2) is 11.1 Å². The third-order valence-corrected chi connectivity index (χ3v) is 3.40. The highest BCUT2D eigenvalue weighted by Gasteiger charge is 2.11. The summed E-state index contributed by atoms with van der Waals surface area (Å²) in [6, 6.07) is 7.93. The number of anilines is 1. The van der Waals surface area contributed by atoms with Crippen molar-refractivity contribution in [2.45, 2.75) is 40.0 Å². The van der Waals surface area contributed by atoms with Crippen molar-refractivity contribution in [3.63, 3.8) is 0 Å². The second kappa shape index (κ2) is 6.37. The topological polar surface area (TPSA) is 55.1 Å². The van der Waals surface area contributed by atoms with Crippen molar-refractivity contribution in [1.29, 1.82) is 0 Å². The highest BCUT2D eigenvalue weighted by Crippen LogP contribution is 2.15. The lowest BCUT2D eigenvalue weighted by molar-refractivity contribution is -0.116. The van der Waals surface area contributed by atoms with E-state index < -0.39 is 0 Å². The zero-order chi connectivity index (χ0) is 14.5. The average molecular weight is 272 g/mol. The molecule has 0 unspecified atom stereocenters. The summed E-state index contributed by atoms with van der Waals surface area (Å²) in [5, 5.41) is 6.82. The molecule has 1 heterocycles. The number of hydrogen-bond donors (Lipinski definition) is 1. The van der Waals surface area contributed by atoms with Crippen molar-refractivity contribution in [3.05, 3.63) is 46.8 Å². The Hall–Kier alpha value is -2.10. The van der Waals surface area contributed by atoms with Crippen LogP contribution in [0.15, 0.2) is 28.8 Å². The van der Waals surface area contributed by atoms with Crippen molar-refractivity contribution in [3.8, 4) is 0 Å². The smallest absolute Gasteiger partial charge is 0.224 e. The van der Waals surface area contributed by atoms with Crippen LogP contribution in [0.1, 0.15) is 35.9 Å². The molecule has 2 aromatic rings. The van der Waals surface area contributed by atoms with E-state index in [-0.39, 0.29) is 5.91 Å². The maximum absolute atomic E-state index is 12.0. The van der Waals surface area contributed by atoms with Crippen LogP contribution in [0.25, 0.3) is 0 Å². The first-order valence-electron chi connectivity index (χ1n) is 6.90. The first-order chi connectivity index (χ1) is 9.60. The molecule has 1 aromatic carbocycles. The molecule has 106 valence electrons. The Morgan fingerprint density at radius 3 is 2.80 bits per heavy atom. The second-order valence-electron chi connectivity index (χ2n) is 4.90. The second-order valence-corrected chi connectivity index (χ2v) is 4.90. The number of carbonyl (C=O) groups excluding carboxylic acids is 1. The Bertz CT molecular complexity index is 583. The quantitative estimate of drug-likeness (QED) is 0.907. The third-order valence-electron chi connectivity index (χ3n) is 3.40. The van der Waals surface area contributed by atoms with Crippen molar-refractivity contribution in [2.75, 3.05) is 5.32 Å². The minimum absolute atomic E-state index is 0.0123. The number of nitrogens with one attached hydrogen (secondary N) is 1. The Morgan fingerprint density at radius 1 is 1.35 bits per heavy atom. The molecule has 0 radical (unpaired) electrons. The van der Waals surface area contributed by atoms with Crippen molar-refractivity contribution in [2.24, 2.45) is 0 Å². The minimum Gasteiger partial charge on any atom is -0.361 e. The van der Waals surface area contributed by atoms with Gasteiger partial charge in [-0.1, -0.05) is 24.2 Å². The molecule has 1 aromatic heterocycles. The van der Waals surface area contributed by atoms with Crippen LogP contribution in [-0.2, 0) is 17.6 Å². The Kier molecular flexibility index (Phi) is 4.56. The average Bonchev–Trinajstić information content (AvgIpc) is 2.76. The van der Waals surface area contributed by atoms with Gasteiger partial charge in [-0.15, -0.1) is 0 Å². The fourth-order valence-corrected chi connectivity index (χ4v) is 2.19. The predicted octanol–water partition coefficient (Wildman–Crippen LogP) is 3.43. The maximum Gasteiger partial charge on any atom is 0.224 e. The summed E-state index contributed by atoms with van der Waals surface area (Å²) in [6.45, 7) is 5.87. The van der Waals surface area contributed by atoms with Crippen LogP contribution in [0.5, 0.6) is 0 Å². The molecule has 1 N–H and O–H groups in total. The molecule has 0 atom stereocenters. The van der Waals surface area contributed by atoms with Gasteiger partial charge in [0.15, 0.2) is 0 Å². The van der Waals surface area contributed by atoms with Crippen LogP contribution in [0.4, 0.5) is 5.69 Å². The number of amides is 1. The summed E-state index contributed by atoms with van der Waals surface area (Å²) in [7, 11) is 0. The zero-order valence-corrected chi connectivity index (χ0v) is 12.2. The lowest BCUT2D eigenvalue weighted by atomic mass is 10.1. The van der Waals surface area contributed by atoms with Gasteiger partial charge >= 0.3 is 0 Å². The minimum atomic E-state index is 0.0123. The molecule has 20 heavy (non-hydrogen) atoms. The number of aryl methyl sites for hydroxylation is 3. The highest BCUT2D eigenvalue weighted by atomic mass is 16.5. The number of hydrogen-bond acceptors (Lipinski definition) is 3. The van der Waals surface area contributed by atoms with Gasteiger partial charge in [0.05, 0.1) is 5.69 Å². The zero-order valence-electron chi connectivity index (χ0n) is 12.2. The molecule has 2 rings (SSSR count). The van der Waals surface area contributed by atoms with Gasteiger partial charge in [0.2, 0.25) is 5.91 Å². The fraction of sp³-hybridized carbons (Fsp3) is 0.375. The molecule has 0 aliphatic heterocycles. The standard InChI is InChI=1S/C16H20N2O2/c1-4-13-6-5-7-14(10-13)17-16(19)9-8-15-11(2)18-20-12(15)3/h5-7,10H,4,8-9H2,1-3H3,(H,17,19). The molecular formula is C16H20N2O2. The van der Waals surface area contributed by atoms with Gasteiger partial charge in [-0.2, -0.15) is 0 Å². The predicted molar refractivity (Wildman–Crippen MR) is 78.7 cm³/mol. The number of nitrogens with zero attached hydrogens (tertiary/aromatic N) is 1. The Morgan fingerprint density at radius 2 is 2.15 bits per heavy atom. The summed E-state index contributed by atoms with van der Waals surface area (Å²) < 4.78 is 5.09. The summed E-state index contributed by atoms with van der Waals surface area (Å²) in [6.07, 6.45) is 2.04. The van der Waals surface area contributed by atoms with E-state index in [0.29, 0.717) is 12.8 Å². The summed E-state index contributed by atoms with van der Waals surface area (Å²) in [4.78, 5) is 12.0. The molecule has 4 nitrogen and oxygen atoms in total. The van der Waals surface area contributed by atoms with E-state index in [9.17, 15) is 4.79 Å². The van der Waals surface area contributed by atoms with Crippen LogP contribution in [0, 0.1) is 13.8 Å². The van der Waals surface area contributed by atoms with Gasteiger partial charge in [0.1, 0.15) is 5.76 Å². The molecule has 0 aliphatic rings. The van der Waals surface area contributed by atoms with Crippen LogP contribution in [0.3, 0.4) is 0 Å². The van der Waals surface area contributed by atoms with E-state index in [2.05, 4.69) is 23.5 Å². The number of rotatable bonds is 5. The molecule has 0 bridgehead atoms. The monoisotopic (exact) mass is 272 g/mol. The van der Waals surface area contributed by atoms with Gasteiger partial charge in [0, 0.05) is 17.7 Å². The van der Waals surface area contributed by atoms with Gasteiger partial charge < -0.3 is 9.84 Å². The molecule has 1 amide bonds. The van der Waals surface area contributed by atoms with Gasteiger partial charge in [-0.3, -0.25) is 4.79 Å². The molecule has 0 aliphatic carbocycles. The van der Waals surface area contributed by atoms with Crippen LogP contribution < -0.4 is 5.32 Å². The van der Waals surface area contributed by atoms with Crippen molar-refractivity contribution >= 4 is 11.6 Å². The summed E-state index contributed by atoms with van der Waals surface area (Å²) >= 11 is 0. The van der Waals surface area contributed by atoms with E-state index in [1.54, 1.807) is 0 Å². The van der Waals surface area contributed by atoms with Crippen molar-refractivity contribution < 1.29 is 9.32 Å². The molecule has 0 saturated heterocycles. The Balaban J connectivity index is 1.92. The summed E-state index contributed by atoms with van der Waals surface area (Å²) in [5.74, 6) is 0.807. The molecule has 4 heteroatoms. The third kappa shape index (κ3) is 3.47. The normalized spacial score (nSPS) is 10.6. The van der Waals surface area contributed by atoms with E-state index >= 15 is 0 Å². The highest BCUT2D eigenvalue weighted by molar-refractivity contribution is 5.90.